The highest BCUT2D eigenvalue weighted by Gasteiger charge is 2.36. The van der Waals surface area contributed by atoms with E-state index < -0.39 is 47.4 Å². The van der Waals surface area contributed by atoms with E-state index in [1.54, 1.807) is 17.2 Å². The Labute approximate surface area is 294 Å². The molecule has 4 N–H and O–H groups in total. The molecule has 2 aromatic carbocycles. The van der Waals surface area contributed by atoms with Gasteiger partial charge in [-0.2, -0.15) is 11.8 Å². The van der Waals surface area contributed by atoms with Crippen molar-refractivity contribution < 1.29 is 32.8 Å². The van der Waals surface area contributed by atoms with Crippen molar-refractivity contribution in [2.75, 3.05) is 37.8 Å². The molecule has 14 heteroatoms. The minimum absolute atomic E-state index is 0.0562. The van der Waals surface area contributed by atoms with Crippen LogP contribution in [0.2, 0.25) is 0 Å². The lowest BCUT2D eigenvalue weighted by Gasteiger charge is -2.40. The third kappa shape index (κ3) is 10.1. The molecule has 50 heavy (non-hydrogen) atoms. The number of carbonyl (C=O) groups excluding carboxylic acids is 5. The standard InChI is InChI=1S/C36H42F2N6O5S/c1-36(2,3)35(29-17-25(27-18-26(37)9-10-28(27)38)20-42(29)19-24-7-5-4-6-8-24)44(23-39)34(49)22-50-16-13-30(45)40-14-15-41-31(46)21-43-32(47)11-12-33(43)48/h4-12,17-18,20,35H,13-16,19,21-23,39H2,1-3H3,(H,40,45)(H,41,46)/t35-/m0/s1. The van der Waals surface area contributed by atoms with Gasteiger partial charge in [-0.3, -0.25) is 28.9 Å². The van der Waals surface area contributed by atoms with Crippen LogP contribution in [0.4, 0.5) is 8.78 Å². The molecular weight excluding hydrogens is 666 g/mol. The van der Waals surface area contributed by atoms with Crippen LogP contribution in [0.15, 0.2) is 72.9 Å². The number of halogens is 2. The number of hydrogen-bond acceptors (Lipinski definition) is 7. The number of rotatable bonds is 16. The first-order valence-electron chi connectivity index (χ1n) is 16.1. The minimum Gasteiger partial charge on any atom is -0.354 e. The lowest BCUT2D eigenvalue weighted by atomic mass is 9.83. The van der Waals surface area contributed by atoms with E-state index in [2.05, 4.69) is 10.6 Å². The molecule has 1 aromatic heterocycles. The second kappa shape index (κ2) is 17.2. The zero-order chi connectivity index (χ0) is 36.4. The number of nitrogens with two attached hydrogens (primary N) is 1. The molecule has 2 heterocycles. The van der Waals surface area contributed by atoms with Crippen molar-refractivity contribution in [3.63, 3.8) is 0 Å². The second-order valence-electron chi connectivity index (χ2n) is 12.8. The van der Waals surface area contributed by atoms with Gasteiger partial charge >= 0.3 is 0 Å². The molecule has 0 bridgehead atoms. The summed E-state index contributed by atoms with van der Waals surface area (Å²) in [5.74, 6) is -2.87. The van der Waals surface area contributed by atoms with Gasteiger partial charge in [-0.05, 0) is 35.2 Å². The maximum Gasteiger partial charge on any atom is 0.254 e. The second-order valence-corrected chi connectivity index (χ2v) is 13.9. The molecule has 1 aliphatic rings. The van der Waals surface area contributed by atoms with Crippen LogP contribution in [0.25, 0.3) is 11.1 Å². The summed E-state index contributed by atoms with van der Waals surface area (Å²) in [6.07, 6.45) is 4.09. The van der Waals surface area contributed by atoms with Gasteiger partial charge in [0.25, 0.3) is 11.8 Å². The zero-order valence-corrected chi connectivity index (χ0v) is 29.1. The average Bonchev–Trinajstić information content (AvgIpc) is 3.62. The van der Waals surface area contributed by atoms with Gasteiger partial charge in [0.2, 0.25) is 17.7 Å². The van der Waals surface area contributed by atoms with Crippen LogP contribution in [0.1, 0.15) is 44.5 Å². The van der Waals surface area contributed by atoms with Gasteiger partial charge in [-0.1, -0.05) is 51.1 Å². The smallest absolute Gasteiger partial charge is 0.254 e. The Morgan fingerprint density at radius 3 is 2.24 bits per heavy atom. The van der Waals surface area contributed by atoms with Crippen molar-refractivity contribution in [1.82, 2.24) is 25.0 Å². The molecule has 0 saturated heterocycles. The number of amides is 5. The van der Waals surface area contributed by atoms with Gasteiger partial charge < -0.3 is 25.8 Å². The van der Waals surface area contributed by atoms with Crippen molar-refractivity contribution in [3.8, 4) is 11.1 Å². The third-order valence-corrected chi connectivity index (χ3v) is 8.91. The van der Waals surface area contributed by atoms with Gasteiger partial charge in [0.1, 0.15) is 18.2 Å². The van der Waals surface area contributed by atoms with E-state index in [0.717, 1.165) is 40.8 Å². The van der Waals surface area contributed by atoms with Gasteiger partial charge in [0.15, 0.2) is 0 Å². The van der Waals surface area contributed by atoms with Crippen LogP contribution in [0, 0.1) is 17.0 Å². The maximum atomic E-state index is 14.9. The number of aromatic nitrogens is 1. The highest BCUT2D eigenvalue weighted by Crippen LogP contribution is 2.41. The van der Waals surface area contributed by atoms with Crippen LogP contribution >= 0.6 is 11.8 Å². The summed E-state index contributed by atoms with van der Waals surface area (Å²) in [4.78, 5) is 63.6. The SMILES string of the molecule is CC(C)(C)[C@H](c1cc(-c2cc(F)ccc2F)cn1Cc1ccccc1)N(CN)C(=O)CSCCC(=O)NCCNC(=O)CN1C(=O)C=CC1=O. The summed E-state index contributed by atoms with van der Waals surface area (Å²) in [5, 5.41) is 5.23. The van der Waals surface area contributed by atoms with Crippen LogP contribution in [0.5, 0.6) is 0 Å². The Bertz CT molecular complexity index is 1720. The molecule has 0 radical (unpaired) electrons. The molecular formula is C36H42F2N6O5S. The monoisotopic (exact) mass is 708 g/mol. The number of imide groups is 1. The summed E-state index contributed by atoms with van der Waals surface area (Å²) in [6, 6.07) is 14.2. The third-order valence-electron chi connectivity index (χ3n) is 7.96. The topological polar surface area (TPSA) is 147 Å². The van der Waals surface area contributed by atoms with Crippen molar-refractivity contribution >= 4 is 41.3 Å². The van der Waals surface area contributed by atoms with E-state index in [1.165, 1.54) is 11.8 Å². The lowest BCUT2D eigenvalue weighted by Crippen LogP contribution is -2.45. The molecule has 4 rings (SSSR count). The number of nitrogens with one attached hydrogen (secondary N) is 2. The summed E-state index contributed by atoms with van der Waals surface area (Å²) in [6.45, 7) is 6.14. The molecule has 0 fully saturated rings. The first-order chi connectivity index (χ1) is 23.8. The number of thioether (sulfide) groups is 1. The molecule has 5 amide bonds. The Morgan fingerprint density at radius 1 is 0.940 bits per heavy atom. The van der Waals surface area contributed by atoms with Gasteiger partial charge in [0, 0.05) is 67.0 Å². The maximum absolute atomic E-state index is 14.9. The lowest BCUT2D eigenvalue weighted by molar-refractivity contribution is -0.141. The van der Waals surface area contributed by atoms with Crippen molar-refractivity contribution in [2.24, 2.45) is 11.1 Å². The van der Waals surface area contributed by atoms with Gasteiger partial charge in [0.05, 0.1) is 18.5 Å². The van der Waals surface area contributed by atoms with Crippen LogP contribution in [0.3, 0.4) is 0 Å². The minimum atomic E-state index is -0.565. The van der Waals surface area contributed by atoms with Crippen LogP contribution < -0.4 is 16.4 Å². The van der Waals surface area contributed by atoms with E-state index in [-0.39, 0.29) is 49.3 Å². The van der Waals surface area contributed by atoms with E-state index in [0.29, 0.717) is 23.6 Å². The summed E-state index contributed by atoms with van der Waals surface area (Å²) in [7, 11) is 0. The predicted molar refractivity (Wildman–Crippen MR) is 187 cm³/mol. The predicted octanol–water partition coefficient (Wildman–Crippen LogP) is 3.59. The first kappa shape index (κ1) is 38.0. The highest BCUT2D eigenvalue weighted by molar-refractivity contribution is 7.99. The highest BCUT2D eigenvalue weighted by atomic mass is 32.2. The normalized spacial score (nSPS) is 13.4. The van der Waals surface area contributed by atoms with Crippen LogP contribution in [-0.4, -0.2) is 81.7 Å². The molecule has 11 nitrogen and oxygen atoms in total. The quantitative estimate of drug-likeness (QED) is 0.117. The van der Waals surface area contributed by atoms with Gasteiger partial charge in [-0.15, -0.1) is 0 Å². The fourth-order valence-corrected chi connectivity index (χ4v) is 6.46. The molecule has 266 valence electrons. The van der Waals surface area contributed by atoms with Gasteiger partial charge in [-0.25, -0.2) is 8.78 Å². The van der Waals surface area contributed by atoms with Crippen LogP contribution in [-0.2, 0) is 30.5 Å². The van der Waals surface area contributed by atoms with Crippen molar-refractivity contribution in [2.45, 2.75) is 39.8 Å². The Kier molecular flexibility index (Phi) is 13.1. The Hall–Kier alpha value is -4.82. The number of benzene rings is 2. The molecule has 1 atom stereocenters. The average molecular weight is 709 g/mol. The van der Waals surface area contributed by atoms with E-state index in [1.807, 2.05) is 55.7 Å². The van der Waals surface area contributed by atoms with E-state index >= 15 is 0 Å². The molecule has 0 aliphatic carbocycles. The number of nitrogens with zero attached hydrogens (tertiary/aromatic N) is 3. The molecule has 0 unspecified atom stereocenters. The summed E-state index contributed by atoms with van der Waals surface area (Å²) >= 11 is 1.28. The number of hydrogen-bond donors (Lipinski definition) is 3. The fourth-order valence-electron chi connectivity index (χ4n) is 5.65. The molecule has 0 spiro atoms. The van der Waals surface area contributed by atoms with Crippen molar-refractivity contribution in [1.29, 1.82) is 0 Å². The molecule has 3 aromatic rings. The first-order valence-corrected chi connectivity index (χ1v) is 17.3. The molecule has 1 aliphatic heterocycles. The molecule has 0 saturated carbocycles. The Balaban J connectivity index is 1.37. The van der Waals surface area contributed by atoms with E-state index in [9.17, 15) is 32.8 Å². The van der Waals surface area contributed by atoms with E-state index in [4.69, 9.17) is 5.73 Å². The van der Waals surface area contributed by atoms with Crippen molar-refractivity contribution in [3.05, 3.63) is 95.8 Å². The largest absolute Gasteiger partial charge is 0.354 e. The number of carbonyl (C=O) groups is 5. The fraction of sp³-hybridized carbons (Fsp3) is 0.361. The Morgan fingerprint density at radius 2 is 1.60 bits per heavy atom. The summed E-state index contributed by atoms with van der Waals surface area (Å²) < 4.78 is 31.1. The summed E-state index contributed by atoms with van der Waals surface area (Å²) in [5.41, 5.74) is 7.98. The zero-order valence-electron chi connectivity index (χ0n) is 28.3.